The van der Waals surface area contributed by atoms with Crippen molar-refractivity contribution >= 4 is 11.8 Å². The van der Waals surface area contributed by atoms with Crippen molar-refractivity contribution in [1.29, 1.82) is 0 Å². The Bertz CT molecular complexity index is 690. The number of hydrogen-bond donors (Lipinski definition) is 0. The van der Waals surface area contributed by atoms with Crippen LogP contribution in [0.3, 0.4) is 0 Å². The third-order valence-corrected chi connectivity index (χ3v) is 5.71. The van der Waals surface area contributed by atoms with Crippen LogP contribution >= 0.6 is 0 Å². The minimum absolute atomic E-state index is 0.0227. The summed E-state index contributed by atoms with van der Waals surface area (Å²) in [4.78, 5) is 33.6. The fourth-order valence-corrected chi connectivity index (χ4v) is 4.21. The average Bonchev–Trinajstić information content (AvgIpc) is 3.36. The van der Waals surface area contributed by atoms with Crippen molar-refractivity contribution in [3.63, 3.8) is 0 Å². The molecule has 1 unspecified atom stereocenters. The Hall–Kier alpha value is -1.93. The molecule has 2 saturated heterocycles. The molecule has 1 aromatic heterocycles. The second kappa shape index (κ2) is 7.98. The van der Waals surface area contributed by atoms with Crippen molar-refractivity contribution in [1.82, 2.24) is 14.8 Å². The van der Waals surface area contributed by atoms with Gasteiger partial charge in [-0.25, -0.2) is 4.98 Å². The van der Waals surface area contributed by atoms with E-state index in [-0.39, 0.29) is 23.8 Å². The monoisotopic (exact) mass is 377 g/mol. The molecule has 0 radical (unpaired) electrons. The van der Waals surface area contributed by atoms with E-state index in [1.807, 2.05) is 9.80 Å². The summed E-state index contributed by atoms with van der Waals surface area (Å²) in [5.74, 6) is 1.67. The maximum Gasteiger partial charge on any atom is 0.251 e. The molecule has 0 saturated carbocycles. The van der Waals surface area contributed by atoms with E-state index in [9.17, 15) is 9.59 Å². The third-order valence-electron chi connectivity index (χ3n) is 5.71. The van der Waals surface area contributed by atoms with E-state index < -0.39 is 0 Å². The topological polar surface area (TPSA) is 85.1 Å². The lowest BCUT2D eigenvalue weighted by atomic mass is 9.94. The van der Waals surface area contributed by atoms with Crippen molar-refractivity contribution < 1.29 is 23.5 Å². The zero-order valence-electron chi connectivity index (χ0n) is 15.8. The van der Waals surface area contributed by atoms with E-state index in [1.165, 1.54) is 0 Å². The molecule has 2 fully saturated rings. The molecule has 148 valence electrons. The van der Waals surface area contributed by atoms with Crippen LogP contribution in [0, 0.1) is 5.92 Å². The molecule has 4 rings (SSSR count). The Morgan fingerprint density at radius 1 is 1.15 bits per heavy atom. The number of fused-ring (bicyclic) bond motifs is 1. The van der Waals surface area contributed by atoms with Gasteiger partial charge in [-0.2, -0.15) is 0 Å². The number of methoxy groups -OCH3 is 1. The number of carbonyl (C=O) groups is 2. The quantitative estimate of drug-likeness (QED) is 0.782. The van der Waals surface area contributed by atoms with Gasteiger partial charge in [0.05, 0.1) is 6.54 Å². The highest BCUT2D eigenvalue weighted by Crippen LogP contribution is 2.26. The van der Waals surface area contributed by atoms with Crippen molar-refractivity contribution in [2.24, 2.45) is 5.92 Å². The molecule has 3 aliphatic heterocycles. The minimum atomic E-state index is -0.272. The predicted octanol–water partition coefficient (Wildman–Crippen LogP) is 1.12. The second-order valence-electron chi connectivity index (χ2n) is 7.52. The first-order chi connectivity index (χ1) is 13.2. The molecule has 1 aromatic rings. The van der Waals surface area contributed by atoms with Crippen LogP contribution < -0.4 is 0 Å². The Morgan fingerprint density at radius 2 is 1.96 bits per heavy atom. The van der Waals surface area contributed by atoms with Gasteiger partial charge in [-0.1, -0.05) is 0 Å². The molecule has 8 heteroatoms. The fourth-order valence-electron chi connectivity index (χ4n) is 4.21. The Labute approximate surface area is 158 Å². The molecule has 1 atom stereocenters. The molecular formula is C19H27N3O5. The first kappa shape index (κ1) is 18.4. The summed E-state index contributed by atoms with van der Waals surface area (Å²) in [5, 5.41) is 0. The van der Waals surface area contributed by atoms with E-state index in [4.69, 9.17) is 13.9 Å². The molecule has 0 N–H and O–H groups in total. The summed E-state index contributed by atoms with van der Waals surface area (Å²) >= 11 is 0. The van der Waals surface area contributed by atoms with Crippen molar-refractivity contribution in [2.75, 3.05) is 33.4 Å². The van der Waals surface area contributed by atoms with Gasteiger partial charge in [0.2, 0.25) is 11.8 Å². The van der Waals surface area contributed by atoms with Gasteiger partial charge in [0.1, 0.15) is 24.2 Å². The van der Waals surface area contributed by atoms with Gasteiger partial charge in [0.15, 0.2) is 0 Å². The van der Waals surface area contributed by atoms with Gasteiger partial charge in [-0.15, -0.1) is 0 Å². The van der Waals surface area contributed by atoms with Crippen LogP contribution in [0.2, 0.25) is 0 Å². The predicted molar refractivity (Wildman–Crippen MR) is 94.6 cm³/mol. The van der Waals surface area contributed by atoms with Crippen molar-refractivity contribution in [3.8, 4) is 0 Å². The molecule has 0 aromatic carbocycles. The number of carbonyl (C=O) groups excluding carboxylic acids is 2. The van der Waals surface area contributed by atoms with E-state index in [1.54, 1.807) is 7.11 Å². The largest absolute Gasteiger partial charge is 0.443 e. The molecule has 4 heterocycles. The number of aromatic nitrogens is 1. The van der Waals surface area contributed by atoms with E-state index in [2.05, 4.69) is 4.98 Å². The SMILES string of the molecule is COCc1nc2c(o1)CCN(C(=O)C1CCN(C(=O)C3CCCO3)CC1)C2. The number of piperidine rings is 1. The Morgan fingerprint density at radius 3 is 2.67 bits per heavy atom. The van der Waals surface area contributed by atoms with E-state index in [0.29, 0.717) is 64.5 Å². The van der Waals surface area contributed by atoms with Crippen molar-refractivity contribution in [2.45, 2.75) is 51.4 Å². The number of rotatable bonds is 4. The molecule has 0 bridgehead atoms. The molecule has 2 amide bonds. The first-order valence-corrected chi connectivity index (χ1v) is 9.81. The molecule has 27 heavy (non-hydrogen) atoms. The Balaban J connectivity index is 1.31. The van der Waals surface area contributed by atoms with Crippen LogP contribution in [0.5, 0.6) is 0 Å². The second-order valence-corrected chi connectivity index (χ2v) is 7.52. The number of hydrogen-bond acceptors (Lipinski definition) is 6. The van der Waals surface area contributed by atoms with Crippen LogP contribution in [0.1, 0.15) is 43.0 Å². The minimum Gasteiger partial charge on any atom is -0.443 e. The lowest BCUT2D eigenvalue weighted by Crippen LogP contribution is -2.47. The molecular weight excluding hydrogens is 350 g/mol. The van der Waals surface area contributed by atoms with E-state index in [0.717, 1.165) is 24.3 Å². The van der Waals surface area contributed by atoms with Crippen LogP contribution in [-0.2, 0) is 38.6 Å². The van der Waals surface area contributed by atoms with Gasteiger partial charge in [-0.05, 0) is 25.7 Å². The average molecular weight is 377 g/mol. The summed E-state index contributed by atoms with van der Waals surface area (Å²) in [6.45, 7) is 3.44. The van der Waals surface area contributed by atoms with Gasteiger partial charge >= 0.3 is 0 Å². The third kappa shape index (κ3) is 3.87. The zero-order valence-corrected chi connectivity index (χ0v) is 15.8. The number of oxazole rings is 1. The van der Waals surface area contributed by atoms with Crippen LogP contribution in [0.4, 0.5) is 0 Å². The molecule has 8 nitrogen and oxygen atoms in total. The highest BCUT2D eigenvalue weighted by Gasteiger charge is 2.35. The number of likely N-dealkylation sites (tertiary alicyclic amines) is 1. The van der Waals surface area contributed by atoms with Crippen LogP contribution in [-0.4, -0.2) is 66.1 Å². The number of amides is 2. The normalized spacial score (nSPS) is 23.5. The standard InChI is InChI=1S/C19H27N3O5/c1-25-12-17-20-14-11-22(9-6-15(14)27-17)18(23)13-4-7-21(8-5-13)19(24)16-3-2-10-26-16/h13,16H,2-12H2,1H3. The fraction of sp³-hybridized carbons (Fsp3) is 0.737. The molecule has 0 aliphatic carbocycles. The van der Waals surface area contributed by atoms with Crippen LogP contribution in [0.25, 0.3) is 0 Å². The first-order valence-electron chi connectivity index (χ1n) is 9.81. The highest BCUT2D eigenvalue weighted by atomic mass is 16.5. The van der Waals surface area contributed by atoms with Crippen molar-refractivity contribution in [3.05, 3.63) is 17.3 Å². The lowest BCUT2D eigenvalue weighted by molar-refractivity contribution is -0.146. The maximum atomic E-state index is 12.9. The summed E-state index contributed by atoms with van der Waals surface area (Å²) < 4.78 is 16.2. The number of nitrogens with zero attached hydrogens (tertiary/aromatic N) is 3. The van der Waals surface area contributed by atoms with Gasteiger partial charge in [0, 0.05) is 45.7 Å². The van der Waals surface area contributed by atoms with Gasteiger partial charge in [0.25, 0.3) is 5.91 Å². The van der Waals surface area contributed by atoms with E-state index >= 15 is 0 Å². The summed E-state index contributed by atoms with van der Waals surface area (Å²) in [6, 6.07) is 0. The smallest absolute Gasteiger partial charge is 0.251 e. The molecule has 3 aliphatic rings. The van der Waals surface area contributed by atoms with Crippen LogP contribution in [0.15, 0.2) is 4.42 Å². The molecule has 0 spiro atoms. The summed E-state index contributed by atoms with van der Waals surface area (Å²) in [5.41, 5.74) is 0.840. The van der Waals surface area contributed by atoms with Gasteiger partial charge < -0.3 is 23.7 Å². The maximum absolute atomic E-state index is 12.9. The summed E-state index contributed by atoms with van der Waals surface area (Å²) in [6.07, 6.45) is 3.62. The zero-order chi connectivity index (χ0) is 18.8. The lowest BCUT2D eigenvalue weighted by Gasteiger charge is -2.35. The summed E-state index contributed by atoms with van der Waals surface area (Å²) in [7, 11) is 1.61. The highest BCUT2D eigenvalue weighted by molar-refractivity contribution is 5.82. The van der Waals surface area contributed by atoms with Gasteiger partial charge in [-0.3, -0.25) is 9.59 Å². The Kier molecular flexibility index (Phi) is 5.45. The number of ether oxygens (including phenoxy) is 2.